The van der Waals surface area contributed by atoms with Crippen LogP contribution in [0.2, 0.25) is 10.0 Å². The fourth-order valence-electron chi connectivity index (χ4n) is 6.29. The summed E-state index contributed by atoms with van der Waals surface area (Å²) in [6.07, 6.45) is 0.0627. The SMILES string of the molecule is CN(C)CCc1cnc(C2=CCN(C(=O)Nc3ccc(C(F)(F)F)cc3)CC2)c(Cl)c1.C[C@](O)(CO)c1cnc(C2=CCN(C(=O)Nc3ccc(C(F)(F)F)cc3)CC2)c(Cl)c1. The Bertz CT molecular complexity index is 2270. The summed E-state index contributed by atoms with van der Waals surface area (Å²) in [5.41, 5.74) is 2.09. The fourth-order valence-corrected chi connectivity index (χ4v) is 6.89. The largest absolute Gasteiger partial charge is 0.416 e. The minimum atomic E-state index is -4.43. The van der Waals surface area contributed by atoms with Crippen LogP contribution in [0, 0.1) is 0 Å². The van der Waals surface area contributed by atoms with Crippen molar-refractivity contribution in [3.05, 3.63) is 129 Å². The number of carbonyl (C=O) groups is 2. The first-order chi connectivity index (χ1) is 29.1. The quantitative estimate of drug-likeness (QED) is 0.123. The number of carbonyl (C=O) groups excluding carboxylic acids is 2. The van der Waals surface area contributed by atoms with Crippen LogP contribution in [0.5, 0.6) is 0 Å². The van der Waals surface area contributed by atoms with Gasteiger partial charge < -0.3 is 35.5 Å². The maximum absolute atomic E-state index is 12.7. The molecule has 0 saturated heterocycles. The number of amides is 4. The molecule has 0 saturated carbocycles. The van der Waals surface area contributed by atoms with Gasteiger partial charge >= 0.3 is 24.4 Å². The van der Waals surface area contributed by atoms with Gasteiger partial charge in [-0.05, 0) is 118 Å². The van der Waals surface area contributed by atoms with Gasteiger partial charge in [-0.25, -0.2) is 9.59 Å². The molecule has 0 unspecified atom stereocenters. The van der Waals surface area contributed by atoms with Crippen molar-refractivity contribution >= 4 is 57.8 Å². The van der Waals surface area contributed by atoms with Crippen molar-refractivity contribution in [1.29, 1.82) is 0 Å². The monoisotopic (exact) mass is 907 g/mol. The topological polar surface area (TPSA) is 134 Å². The molecule has 2 aromatic heterocycles. The zero-order valence-corrected chi connectivity index (χ0v) is 35.4. The molecule has 2 aliphatic heterocycles. The predicted octanol–water partition coefficient (Wildman–Crippen LogP) is 9.45. The molecule has 6 rings (SSSR count). The van der Waals surface area contributed by atoms with Crippen LogP contribution in [-0.2, 0) is 24.4 Å². The van der Waals surface area contributed by atoms with Gasteiger partial charge in [0.25, 0.3) is 0 Å². The average molecular weight is 909 g/mol. The number of rotatable bonds is 9. The number of aliphatic hydroxyl groups excluding tert-OH is 1. The van der Waals surface area contributed by atoms with Gasteiger partial charge in [0, 0.05) is 62.1 Å². The molecule has 0 radical (unpaired) electrons. The molecule has 4 heterocycles. The van der Waals surface area contributed by atoms with Crippen molar-refractivity contribution in [2.75, 3.05) is 64.1 Å². The lowest BCUT2D eigenvalue weighted by atomic mass is 9.97. The standard InChI is InChI=1S/C22H24ClF3N4O.C21H21ClF3N3O3/c1-29(2)10-7-15-13-19(23)20(27-14-15)16-8-11-30(12-9-16)21(31)28-18-5-3-17(4-6-18)22(24,25)26;1-20(31,12-29)15-10-17(22)18(26-11-15)13-6-8-28(9-7-13)19(30)27-16-4-2-14(3-5-16)21(23,24)25/h3-6,8,13-14H,7,9-12H2,1-2H3,(H,28,31);2-6,10-11,29,31H,7-9,12H2,1H3,(H,27,30)/t;20-/m.0/s1. The molecule has 1 atom stereocenters. The lowest BCUT2D eigenvalue weighted by Crippen LogP contribution is -2.38. The highest BCUT2D eigenvalue weighted by atomic mass is 35.5. The number of nitrogens with zero attached hydrogens (tertiary/aromatic N) is 5. The highest BCUT2D eigenvalue weighted by Crippen LogP contribution is 2.33. The van der Waals surface area contributed by atoms with E-state index in [2.05, 4.69) is 25.5 Å². The Labute approximate surface area is 364 Å². The summed E-state index contributed by atoms with van der Waals surface area (Å²) in [6, 6.07) is 11.3. The van der Waals surface area contributed by atoms with Crippen LogP contribution in [0.1, 0.15) is 53.4 Å². The molecule has 0 spiro atoms. The Kier molecular flexibility index (Phi) is 15.7. The van der Waals surface area contributed by atoms with Gasteiger partial charge in [-0.1, -0.05) is 35.4 Å². The molecule has 4 N–H and O–H groups in total. The third-order valence-corrected chi connectivity index (χ3v) is 10.6. The Morgan fingerprint density at radius 1 is 0.726 bits per heavy atom. The van der Waals surface area contributed by atoms with Crippen LogP contribution >= 0.6 is 23.2 Å². The van der Waals surface area contributed by atoms with Crippen molar-refractivity contribution in [2.24, 2.45) is 0 Å². The molecule has 4 aromatic rings. The molecule has 0 bridgehead atoms. The Balaban J connectivity index is 0.000000234. The summed E-state index contributed by atoms with van der Waals surface area (Å²) in [6.45, 7) is 3.34. The molecular weight excluding hydrogens is 863 g/mol. The normalized spacial score (nSPS) is 15.5. The van der Waals surface area contributed by atoms with E-state index in [1.807, 2.05) is 32.4 Å². The first-order valence-electron chi connectivity index (χ1n) is 19.3. The molecular formula is C43H45Cl2F6N7O4. The molecule has 0 aliphatic carbocycles. The summed E-state index contributed by atoms with van der Waals surface area (Å²) in [5, 5.41) is 25.5. The van der Waals surface area contributed by atoms with Crippen LogP contribution in [0.3, 0.4) is 0 Å². The predicted molar refractivity (Wildman–Crippen MR) is 227 cm³/mol. The van der Waals surface area contributed by atoms with Crippen molar-refractivity contribution in [3.63, 3.8) is 0 Å². The van der Waals surface area contributed by atoms with E-state index in [0.29, 0.717) is 59.5 Å². The first kappa shape index (κ1) is 47.8. The minimum absolute atomic E-state index is 0.268. The highest BCUT2D eigenvalue weighted by molar-refractivity contribution is 6.32. The number of urea groups is 2. The summed E-state index contributed by atoms with van der Waals surface area (Å²) in [5.74, 6) is 0. The van der Waals surface area contributed by atoms with E-state index in [1.165, 1.54) is 42.3 Å². The van der Waals surface area contributed by atoms with E-state index < -0.39 is 41.7 Å². The molecule has 2 aromatic carbocycles. The second kappa shape index (κ2) is 20.3. The number of alkyl halides is 6. The number of pyridine rings is 2. The van der Waals surface area contributed by atoms with E-state index in [4.69, 9.17) is 23.2 Å². The van der Waals surface area contributed by atoms with Crippen molar-refractivity contribution in [3.8, 4) is 0 Å². The van der Waals surface area contributed by atoms with Gasteiger partial charge in [-0.15, -0.1) is 0 Å². The maximum atomic E-state index is 12.7. The van der Waals surface area contributed by atoms with Gasteiger partial charge in [-0.3, -0.25) is 9.97 Å². The van der Waals surface area contributed by atoms with E-state index in [0.717, 1.165) is 59.6 Å². The smallest absolute Gasteiger partial charge is 0.393 e. The van der Waals surface area contributed by atoms with Crippen LogP contribution in [-0.4, -0.2) is 100 Å². The number of hydrogen-bond acceptors (Lipinski definition) is 7. The van der Waals surface area contributed by atoms with Crippen molar-refractivity contribution < 1.29 is 46.1 Å². The third-order valence-electron chi connectivity index (χ3n) is 10.0. The highest BCUT2D eigenvalue weighted by Gasteiger charge is 2.31. The number of benzene rings is 2. The van der Waals surface area contributed by atoms with Crippen LogP contribution in [0.15, 0.2) is 85.2 Å². The molecule has 4 amide bonds. The van der Waals surface area contributed by atoms with Crippen LogP contribution < -0.4 is 10.6 Å². The van der Waals surface area contributed by atoms with E-state index >= 15 is 0 Å². The van der Waals surface area contributed by atoms with Gasteiger partial charge in [0.05, 0.1) is 39.2 Å². The number of hydrogen-bond donors (Lipinski definition) is 4. The first-order valence-corrected chi connectivity index (χ1v) is 20.0. The van der Waals surface area contributed by atoms with Gasteiger partial charge in [-0.2, -0.15) is 26.3 Å². The summed E-state index contributed by atoms with van der Waals surface area (Å²) < 4.78 is 75.9. The number of aliphatic hydroxyl groups is 2. The Hall–Kier alpha value is -5.20. The van der Waals surface area contributed by atoms with Crippen molar-refractivity contribution in [1.82, 2.24) is 24.7 Å². The molecule has 0 fully saturated rings. The number of nitrogens with one attached hydrogen (secondary N) is 2. The van der Waals surface area contributed by atoms with E-state index in [1.54, 1.807) is 17.0 Å². The average Bonchev–Trinajstić information content (AvgIpc) is 3.23. The summed E-state index contributed by atoms with van der Waals surface area (Å²) >= 11 is 12.7. The second-order valence-electron chi connectivity index (χ2n) is 15.1. The number of aromatic nitrogens is 2. The Morgan fingerprint density at radius 2 is 1.16 bits per heavy atom. The lowest BCUT2D eigenvalue weighted by Gasteiger charge is -2.27. The fraction of sp³-hybridized carbons (Fsp3) is 0.349. The molecule has 11 nitrogen and oxygen atoms in total. The zero-order chi connectivity index (χ0) is 45.4. The minimum Gasteiger partial charge on any atom is -0.393 e. The number of likely N-dealkylation sites (N-methyl/N-ethyl adjacent to an activating group) is 1. The molecule has 62 heavy (non-hydrogen) atoms. The third kappa shape index (κ3) is 12.9. The zero-order valence-electron chi connectivity index (χ0n) is 33.9. The van der Waals surface area contributed by atoms with E-state index in [-0.39, 0.29) is 18.3 Å². The van der Waals surface area contributed by atoms with Crippen LogP contribution in [0.4, 0.5) is 47.3 Å². The van der Waals surface area contributed by atoms with E-state index in [9.17, 15) is 46.1 Å². The molecule has 332 valence electrons. The number of anilines is 2. The van der Waals surface area contributed by atoms with Gasteiger partial charge in [0.1, 0.15) is 5.60 Å². The summed E-state index contributed by atoms with van der Waals surface area (Å²) in [4.78, 5) is 38.9. The van der Waals surface area contributed by atoms with Crippen LogP contribution in [0.25, 0.3) is 11.1 Å². The Morgan fingerprint density at radius 3 is 1.52 bits per heavy atom. The summed E-state index contributed by atoms with van der Waals surface area (Å²) in [7, 11) is 4.02. The number of halogens is 8. The van der Waals surface area contributed by atoms with Gasteiger partial charge in [0.2, 0.25) is 0 Å². The second-order valence-corrected chi connectivity index (χ2v) is 15.9. The lowest BCUT2D eigenvalue weighted by molar-refractivity contribution is -0.138. The maximum Gasteiger partial charge on any atom is 0.416 e. The molecule has 2 aliphatic rings. The molecule has 19 heteroatoms. The van der Waals surface area contributed by atoms with Gasteiger partial charge in [0.15, 0.2) is 0 Å². The van der Waals surface area contributed by atoms with Crippen molar-refractivity contribution in [2.45, 2.75) is 44.1 Å².